The molecule has 112 valence electrons. The number of hydrogen-bond acceptors (Lipinski definition) is 3. The van der Waals surface area contributed by atoms with Gasteiger partial charge >= 0.3 is 0 Å². The lowest BCUT2D eigenvalue weighted by molar-refractivity contribution is -0.121. The molecule has 0 bridgehead atoms. The van der Waals surface area contributed by atoms with Gasteiger partial charge in [0.05, 0.1) is 0 Å². The number of hydrogen-bond donors (Lipinski definition) is 3. The number of carbonyl (C=O) groups excluding carboxylic acids is 1. The van der Waals surface area contributed by atoms with E-state index in [1.165, 1.54) is 5.57 Å². The molecule has 0 spiro atoms. The van der Waals surface area contributed by atoms with E-state index in [0.29, 0.717) is 6.42 Å². The molecular weight excluding hydrogens is 250 g/mol. The van der Waals surface area contributed by atoms with Crippen molar-refractivity contribution in [2.24, 2.45) is 5.73 Å². The molecule has 0 radical (unpaired) electrons. The molecule has 1 aliphatic rings. The molecule has 1 fully saturated rings. The molecular formula is C16H27N3O. The zero-order valence-electron chi connectivity index (χ0n) is 12.5. The SMILES string of the molecule is C=C1NCCC/C1=C/C=C(\N)CCCC(=O)NCCC. The first-order valence-corrected chi connectivity index (χ1v) is 7.48. The molecule has 0 aromatic carbocycles. The minimum atomic E-state index is 0.114. The van der Waals surface area contributed by atoms with Crippen LogP contribution >= 0.6 is 0 Å². The highest BCUT2D eigenvalue weighted by atomic mass is 16.1. The molecule has 1 aliphatic heterocycles. The quantitative estimate of drug-likeness (QED) is 0.669. The summed E-state index contributed by atoms with van der Waals surface area (Å²) in [7, 11) is 0. The maximum Gasteiger partial charge on any atom is 0.220 e. The van der Waals surface area contributed by atoms with Gasteiger partial charge in [0.2, 0.25) is 5.91 Å². The van der Waals surface area contributed by atoms with Crippen molar-refractivity contribution in [1.82, 2.24) is 10.6 Å². The summed E-state index contributed by atoms with van der Waals surface area (Å²) in [6, 6.07) is 0. The summed E-state index contributed by atoms with van der Waals surface area (Å²) in [5.74, 6) is 0.114. The van der Waals surface area contributed by atoms with Crippen molar-refractivity contribution in [2.45, 2.75) is 45.4 Å². The highest BCUT2D eigenvalue weighted by molar-refractivity contribution is 5.75. The van der Waals surface area contributed by atoms with E-state index in [0.717, 1.165) is 56.6 Å². The molecule has 0 aromatic heterocycles. The first-order chi connectivity index (χ1) is 9.63. The van der Waals surface area contributed by atoms with Crippen LogP contribution < -0.4 is 16.4 Å². The molecule has 1 heterocycles. The Kier molecular flexibility index (Phi) is 7.55. The molecule has 4 heteroatoms. The lowest BCUT2D eigenvalue weighted by atomic mass is 10.0. The number of nitrogens with one attached hydrogen (secondary N) is 2. The Balaban J connectivity index is 2.29. The lowest BCUT2D eigenvalue weighted by Crippen LogP contribution is -2.23. The fraction of sp³-hybridized carbons (Fsp3) is 0.562. The number of carbonyl (C=O) groups is 1. The Hall–Kier alpha value is -1.71. The van der Waals surface area contributed by atoms with Gasteiger partial charge in [-0.3, -0.25) is 4.79 Å². The van der Waals surface area contributed by atoms with E-state index >= 15 is 0 Å². The smallest absolute Gasteiger partial charge is 0.220 e. The van der Waals surface area contributed by atoms with Gasteiger partial charge in [-0.1, -0.05) is 19.6 Å². The van der Waals surface area contributed by atoms with Crippen LogP contribution in [0.3, 0.4) is 0 Å². The second kappa shape index (κ2) is 9.23. The van der Waals surface area contributed by atoms with Gasteiger partial charge in [0.25, 0.3) is 0 Å². The summed E-state index contributed by atoms with van der Waals surface area (Å²) >= 11 is 0. The van der Waals surface area contributed by atoms with Crippen LogP contribution in [0.25, 0.3) is 0 Å². The zero-order valence-corrected chi connectivity index (χ0v) is 12.5. The van der Waals surface area contributed by atoms with Crippen molar-refractivity contribution in [2.75, 3.05) is 13.1 Å². The summed E-state index contributed by atoms with van der Waals surface area (Å²) in [5.41, 5.74) is 9.00. The van der Waals surface area contributed by atoms with E-state index in [2.05, 4.69) is 17.2 Å². The molecule has 0 saturated carbocycles. The second-order valence-electron chi connectivity index (χ2n) is 5.15. The molecule has 4 nitrogen and oxygen atoms in total. The highest BCUT2D eigenvalue weighted by Crippen LogP contribution is 2.17. The monoisotopic (exact) mass is 277 g/mol. The fourth-order valence-electron chi connectivity index (χ4n) is 2.06. The van der Waals surface area contributed by atoms with Gasteiger partial charge in [-0.2, -0.15) is 0 Å². The van der Waals surface area contributed by atoms with Crippen LogP contribution in [0.15, 0.2) is 35.7 Å². The summed E-state index contributed by atoms with van der Waals surface area (Å²) < 4.78 is 0. The van der Waals surface area contributed by atoms with E-state index < -0.39 is 0 Å². The first-order valence-electron chi connectivity index (χ1n) is 7.48. The van der Waals surface area contributed by atoms with Gasteiger partial charge in [0, 0.05) is 30.9 Å². The maximum absolute atomic E-state index is 11.4. The van der Waals surface area contributed by atoms with E-state index in [4.69, 9.17) is 5.73 Å². The molecule has 4 N–H and O–H groups in total. The van der Waals surface area contributed by atoms with Crippen molar-refractivity contribution in [3.8, 4) is 0 Å². The summed E-state index contributed by atoms with van der Waals surface area (Å²) in [6.07, 6.45) is 9.23. The second-order valence-corrected chi connectivity index (χ2v) is 5.15. The number of nitrogens with two attached hydrogens (primary N) is 1. The van der Waals surface area contributed by atoms with Crippen molar-refractivity contribution in [1.29, 1.82) is 0 Å². The third-order valence-electron chi connectivity index (χ3n) is 3.29. The highest BCUT2D eigenvalue weighted by Gasteiger charge is 2.07. The number of rotatable bonds is 7. The summed E-state index contributed by atoms with van der Waals surface area (Å²) in [6.45, 7) is 7.79. The Morgan fingerprint density at radius 1 is 1.50 bits per heavy atom. The van der Waals surface area contributed by atoms with Gasteiger partial charge in [-0.05, 0) is 43.8 Å². The first kappa shape index (κ1) is 16.3. The summed E-state index contributed by atoms with van der Waals surface area (Å²) in [4.78, 5) is 11.4. The zero-order chi connectivity index (χ0) is 14.8. The third-order valence-corrected chi connectivity index (χ3v) is 3.29. The Labute approximate surface area is 122 Å². The molecule has 1 amide bonds. The molecule has 0 aliphatic carbocycles. The largest absolute Gasteiger partial charge is 0.402 e. The van der Waals surface area contributed by atoms with Crippen LogP contribution in [0.5, 0.6) is 0 Å². The molecule has 1 rings (SSSR count). The van der Waals surface area contributed by atoms with Crippen LogP contribution in [0, 0.1) is 0 Å². The van der Waals surface area contributed by atoms with Crippen LogP contribution in [-0.2, 0) is 4.79 Å². The number of allylic oxidation sites excluding steroid dienone is 4. The normalized spacial score (nSPS) is 17.9. The van der Waals surface area contributed by atoms with Gasteiger partial charge in [-0.25, -0.2) is 0 Å². The van der Waals surface area contributed by atoms with E-state index in [1.54, 1.807) is 0 Å². The Morgan fingerprint density at radius 3 is 3.00 bits per heavy atom. The predicted octanol–water partition coefficient (Wildman–Crippen LogP) is 2.35. The van der Waals surface area contributed by atoms with Crippen molar-refractivity contribution >= 4 is 5.91 Å². The van der Waals surface area contributed by atoms with Crippen LogP contribution in [0.1, 0.15) is 45.4 Å². The predicted molar refractivity (Wildman–Crippen MR) is 83.9 cm³/mol. The maximum atomic E-state index is 11.4. The average Bonchev–Trinajstić information content (AvgIpc) is 2.44. The van der Waals surface area contributed by atoms with Gasteiger partial charge in [0.15, 0.2) is 0 Å². The molecule has 0 aromatic rings. The van der Waals surface area contributed by atoms with Crippen LogP contribution in [-0.4, -0.2) is 19.0 Å². The van der Waals surface area contributed by atoms with Crippen LogP contribution in [0.2, 0.25) is 0 Å². The van der Waals surface area contributed by atoms with E-state index in [-0.39, 0.29) is 5.91 Å². The lowest BCUT2D eigenvalue weighted by Gasteiger charge is -2.18. The topological polar surface area (TPSA) is 67.1 Å². The third kappa shape index (κ3) is 6.45. The van der Waals surface area contributed by atoms with Crippen molar-refractivity contribution in [3.05, 3.63) is 35.7 Å². The Bertz CT molecular complexity index is 397. The Morgan fingerprint density at radius 2 is 2.30 bits per heavy atom. The van der Waals surface area contributed by atoms with Gasteiger partial charge < -0.3 is 16.4 Å². The van der Waals surface area contributed by atoms with E-state index in [9.17, 15) is 4.79 Å². The number of piperidine rings is 1. The van der Waals surface area contributed by atoms with E-state index in [1.807, 2.05) is 19.1 Å². The standard InChI is InChI=1S/C16H27N3O/c1-3-11-19-16(20)8-4-7-15(17)10-9-14-6-5-12-18-13(14)2/h9-10,18H,2-8,11-12,17H2,1H3,(H,19,20)/b14-9-,15-10-. The van der Waals surface area contributed by atoms with Gasteiger partial charge in [0.1, 0.15) is 0 Å². The molecule has 20 heavy (non-hydrogen) atoms. The van der Waals surface area contributed by atoms with Crippen LogP contribution in [0.4, 0.5) is 0 Å². The fourth-order valence-corrected chi connectivity index (χ4v) is 2.06. The van der Waals surface area contributed by atoms with Crippen molar-refractivity contribution < 1.29 is 4.79 Å². The number of amides is 1. The van der Waals surface area contributed by atoms with Gasteiger partial charge in [-0.15, -0.1) is 0 Å². The minimum absolute atomic E-state index is 0.114. The van der Waals surface area contributed by atoms with Crippen molar-refractivity contribution in [3.63, 3.8) is 0 Å². The molecule has 0 atom stereocenters. The average molecular weight is 277 g/mol. The summed E-state index contributed by atoms with van der Waals surface area (Å²) in [5, 5.41) is 6.11. The molecule has 0 unspecified atom stereocenters. The minimum Gasteiger partial charge on any atom is -0.402 e. The molecule has 1 saturated heterocycles.